The van der Waals surface area contributed by atoms with Crippen LogP contribution in [0, 0.1) is 5.82 Å². The van der Waals surface area contributed by atoms with Gasteiger partial charge in [-0.05, 0) is 73.9 Å². The molecule has 3 aromatic rings. The summed E-state index contributed by atoms with van der Waals surface area (Å²) in [6.45, 7) is 5.69. The van der Waals surface area contributed by atoms with E-state index in [0.717, 1.165) is 4.31 Å². The van der Waals surface area contributed by atoms with Gasteiger partial charge in [0, 0.05) is 19.2 Å². The van der Waals surface area contributed by atoms with E-state index in [2.05, 4.69) is 5.32 Å². The molecule has 0 saturated carbocycles. The number of nitrogens with one attached hydrogen (secondary N) is 1. The van der Waals surface area contributed by atoms with Crippen molar-refractivity contribution >= 4 is 27.5 Å². The number of amides is 2. The van der Waals surface area contributed by atoms with Gasteiger partial charge >= 0.3 is 0 Å². The minimum Gasteiger partial charge on any atom is -0.494 e. The first-order chi connectivity index (χ1) is 21.1. The van der Waals surface area contributed by atoms with Gasteiger partial charge in [-0.25, -0.2) is 12.8 Å². The lowest BCUT2D eigenvalue weighted by Gasteiger charge is -2.33. The molecule has 238 valence electrons. The van der Waals surface area contributed by atoms with Crippen LogP contribution in [-0.4, -0.2) is 65.1 Å². The summed E-state index contributed by atoms with van der Waals surface area (Å²) in [5.41, 5.74) is 0.790. The van der Waals surface area contributed by atoms with E-state index in [9.17, 15) is 22.4 Å². The topological polar surface area (TPSA) is 114 Å². The molecule has 0 heterocycles. The van der Waals surface area contributed by atoms with Gasteiger partial charge < -0.3 is 24.4 Å². The van der Waals surface area contributed by atoms with Gasteiger partial charge in [0.25, 0.3) is 10.0 Å². The number of sulfonamides is 1. The van der Waals surface area contributed by atoms with Crippen LogP contribution in [0.4, 0.5) is 10.1 Å². The van der Waals surface area contributed by atoms with Crippen LogP contribution in [-0.2, 0) is 26.2 Å². The second kappa shape index (κ2) is 15.9. The molecule has 1 atom stereocenters. The molecular formula is C32H40FN3O7S. The number of methoxy groups -OCH3 is 2. The third-order valence-electron chi connectivity index (χ3n) is 6.86. The smallest absolute Gasteiger partial charge is 0.264 e. The molecule has 0 aliphatic carbocycles. The van der Waals surface area contributed by atoms with E-state index < -0.39 is 34.3 Å². The number of carbonyl (C=O) groups excluding carboxylic acids is 2. The maximum atomic E-state index is 14.2. The van der Waals surface area contributed by atoms with Crippen LogP contribution in [0.3, 0.4) is 0 Å². The standard InChI is InChI=1S/C32H40FN3O7S/c1-6-19-34-32(38)28(7-2)35(21-23-9-11-24(33)12-10-23)31(37)22-36(25-13-15-26(16-14-25)43-8-3)44(39,40)27-17-18-29(41-4)30(20-27)42-5/h9-18,20,28H,6-8,19,21-22H2,1-5H3,(H,34,38). The second-order valence-corrected chi connectivity index (χ2v) is 11.7. The number of carbonyl (C=O) groups is 2. The van der Waals surface area contributed by atoms with Gasteiger partial charge in [-0.3, -0.25) is 13.9 Å². The van der Waals surface area contributed by atoms with Crippen LogP contribution in [0.1, 0.15) is 39.2 Å². The molecule has 0 fully saturated rings. The average Bonchev–Trinajstić information content (AvgIpc) is 3.03. The SMILES string of the molecule is CCCNC(=O)C(CC)N(Cc1ccc(F)cc1)C(=O)CN(c1ccc(OCC)cc1)S(=O)(=O)c1ccc(OC)c(OC)c1. The Morgan fingerprint density at radius 1 is 0.909 bits per heavy atom. The molecule has 44 heavy (non-hydrogen) atoms. The Balaban J connectivity index is 2.10. The molecule has 0 aromatic heterocycles. The van der Waals surface area contributed by atoms with Crippen molar-refractivity contribution < 1.29 is 36.6 Å². The van der Waals surface area contributed by atoms with Crippen LogP contribution in [0.2, 0.25) is 0 Å². The number of hydrogen-bond donors (Lipinski definition) is 1. The summed E-state index contributed by atoms with van der Waals surface area (Å²) in [7, 11) is -1.52. The predicted octanol–water partition coefficient (Wildman–Crippen LogP) is 4.77. The van der Waals surface area contributed by atoms with Crippen molar-refractivity contribution in [2.75, 3.05) is 38.2 Å². The Labute approximate surface area is 258 Å². The van der Waals surface area contributed by atoms with E-state index in [4.69, 9.17) is 14.2 Å². The van der Waals surface area contributed by atoms with Gasteiger partial charge in [-0.15, -0.1) is 0 Å². The van der Waals surface area contributed by atoms with Crippen molar-refractivity contribution in [2.45, 2.75) is 51.1 Å². The summed E-state index contributed by atoms with van der Waals surface area (Å²) >= 11 is 0. The predicted molar refractivity (Wildman–Crippen MR) is 166 cm³/mol. The number of halogens is 1. The van der Waals surface area contributed by atoms with Crippen molar-refractivity contribution in [2.24, 2.45) is 0 Å². The third kappa shape index (κ3) is 8.40. The van der Waals surface area contributed by atoms with E-state index >= 15 is 0 Å². The highest BCUT2D eigenvalue weighted by Gasteiger charge is 2.34. The summed E-state index contributed by atoms with van der Waals surface area (Å²) in [5, 5.41) is 2.83. The van der Waals surface area contributed by atoms with Crippen molar-refractivity contribution in [3.05, 3.63) is 78.1 Å². The molecule has 0 radical (unpaired) electrons. The summed E-state index contributed by atoms with van der Waals surface area (Å²) in [6, 6.07) is 15.2. The average molecular weight is 630 g/mol. The summed E-state index contributed by atoms with van der Waals surface area (Å²) < 4.78 is 59.1. The van der Waals surface area contributed by atoms with E-state index in [1.807, 2.05) is 13.8 Å². The first kappa shape index (κ1) is 34.2. The van der Waals surface area contributed by atoms with Crippen LogP contribution in [0.5, 0.6) is 17.2 Å². The Bertz CT molecular complexity index is 1500. The first-order valence-corrected chi connectivity index (χ1v) is 15.8. The third-order valence-corrected chi connectivity index (χ3v) is 8.63. The molecule has 12 heteroatoms. The number of ether oxygens (including phenoxy) is 3. The molecule has 0 aliphatic heterocycles. The van der Waals surface area contributed by atoms with Gasteiger partial charge in [-0.2, -0.15) is 0 Å². The maximum absolute atomic E-state index is 14.2. The first-order valence-electron chi connectivity index (χ1n) is 14.4. The van der Waals surface area contributed by atoms with Crippen molar-refractivity contribution in [1.82, 2.24) is 10.2 Å². The Morgan fingerprint density at radius 2 is 1.57 bits per heavy atom. The highest BCUT2D eigenvalue weighted by atomic mass is 32.2. The van der Waals surface area contributed by atoms with Crippen LogP contribution in [0.15, 0.2) is 71.6 Å². The molecule has 2 amide bonds. The van der Waals surface area contributed by atoms with Crippen molar-refractivity contribution in [1.29, 1.82) is 0 Å². The summed E-state index contributed by atoms with van der Waals surface area (Å²) in [5.74, 6) is -0.358. The molecule has 0 bridgehead atoms. The van der Waals surface area contributed by atoms with E-state index in [1.165, 1.54) is 61.6 Å². The largest absolute Gasteiger partial charge is 0.494 e. The van der Waals surface area contributed by atoms with Crippen molar-refractivity contribution in [3.63, 3.8) is 0 Å². The lowest BCUT2D eigenvalue weighted by Crippen LogP contribution is -2.52. The number of benzene rings is 3. The Morgan fingerprint density at radius 3 is 2.14 bits per heavy atom. The molecule has 0 saturated heterocycles. The van der Waals surface area contributed by atoms with Crippen LogP contribution < -0.4 is 23.8 Å². The number of nitrogens with zero attached hydrogens (tertiary/aromatic N) is 2. The zero-order valence-corrected chi connectivity index (χ0v) is 26.5. The van der Waals surface area contributed by atoms with Gasteiger partial charge in [0.05, 0.1) is 31.4 Å². The zero-order valence-electron chi connectivity index (χ0n) is 25.7. The Kier molecular flexibility index (Phi) is 12.4. The van der Waals surface area contributed by atoms with E-state index in [0.29, 0.717) is 36.6 Å². The van der Waals surface area contributed by atoms with Crippen LogP contribution >= 0.6 is 0 Å². The molecular weight excluding hydrogens is 589 g/mol. The highest BCUT2D eigenvalue weighted by Crippen LogP contribution is 2.33. The monoisotopic (exact) mass is 629 g/mol. The lowest BCUT2D eigenvalue weighted by molar-refractivity contribution is -0.140. The van der Waals surface area contributed by atoms with Crippen molar-refractivity contribution in [3.8, 4) is 17.2 Å². The van der Waals surface area contributed by atoms with Gasteiger partial charge in [0.2, 0.25) is 11.8 Å². The maximum Gasteiger partial charge on any atom is 0.264 e. The van der Waals surface area contributed by atoms with Gasteiger partial charge in [0.1, 0.15) is 24.2 Å². The molecule has 0 aliphatic rings. The normalized spacial score (nSPS) is 11.8. The van der Waals surface area contributed by atoms with E-state index in [1.54, 1.807) is 31.2 Å². The fourth-order valence-corrected chi connectivity index (χ4v) is 6.01. The van der Waals surface area contributed by atoms with E-state index in [-0.39, 0.29) is 35.2 Å². The minimum atomic E-state index is -4.35. The molecule has 0 spiro atoms. The number of anilines is 1. The molecule has 3 aromatic carbocycles. The molecule has 10 nitrogen and oxygen atoms in total. The lowest BCUT2D eigenvalue weighted by atomic mass is 10.1. The minimum absolute atomic E-state index is 0.0370. The molecule has 1 unspecified atom stereocenters. The number of hydrogen-bond acceptors (Lipinski definition) is 7. The second-order valence-electron chi connectivity index (χ2n) is 9.82. The summed E-state index contributed by atoms with van der Waals surface area (Å²) in [6.07, 6.45) is 0.969. The van der Waals surface area contributed by atoms with Gasteiger partial charge in [0.15, 0.2) is 11.5 Å². The molecule has 1 N–H and O–H groups in total. The number of rotatable bonds is 16. The fourth-order valence-electron chi connectivity index (χ4n) is 4.58. The Hall–Kier alpha value is -4.32. The highest BCUT2D eigenvalue weighted by molar-refractivity contribution is 7.92. The van der Waals surface area contributed by atoms with Gasteiger partial charge in [-0.1, -0.05) is 26.0 Å². The zero-order chi connectivity index (χ0) is 32.3. The fraction of sp³-hybridized carbons (Fsp3) is 0.375. The molecule has 3 rings (SSSR count). The quantitative estimate of drug-likeness (QED) is 0.243. The van der Waals surface area contributed by atoms with Crippen LogP contribution in [0.25, 0.3) is 0 Å². The summed E-state index contributed by atoms with van der Waals surface area (Å²) in [4.78, 5) is 28.5.